The topological polar surface area (TPSA) is 13.1 Å². The van der Waals surface area contributed by atoms with Crippen LogP contribution in [0.2, 0.25) is 0 Å². The van der Waals surface area contributed by atoms with Crippen LogP contribution in [0.4, 0.5) is 0 Å². The molecule has 0 aliphatic heterocycles. The van der Waals surface area contributed by atoms with Crippen LogP contribution >= 0.6 is 0 Å². The van der Waals surface area contributed by atoms with Crippen LogP contribution in [0.25, 0.3) is 130 Å². The van der Waals surface area contributed by atoms with Crippen LogP contribution in [0.1, 0.15) is 0 Å². The molecule has 0 aliphatic rings. The Kier molecular flexibility index (Phi) is 5.17. The number of fused-ring (bicyclic) bond motifs is 7. The van der Waals surface area contributed by atoms with Gasteiger partial charge in [-0.25, -0.2) is 0 Å². The van der Waals surface area contributed by atoms with Crippen molar-refractivity contribution >= 4 is 108 Å². The smallest absolute Gasteiger partial charge is 0.143 e. The quantitative estimate of drug-likeness (QED) is 0.167. The Morgan fingerprint density at radius 3 is 1.49 bits per heavy atom. The average Bonchev–Trinajstić information content (AvgIpc) is 3.61. The number of rotatable bonds is 2. The molecule has 1 aromatic heterocycles. The van der Waals surface area contributed by atoms with Gasteiger partial charge in [-0.15, -0.1) is 0 Å². The van der Waals surface area contributed by atoms with E-state index in [0.717, 1.165) is 21.9 Å². The summed E-state index contributed by atoms with van der Waals surface area (Å²) >= 11 is 0. The zero-order valence-electron chi connectivity index (χ0n) is 28.6. The van der Waals surface area contributed by atoms with E-state index < -0.39 is 0 Å². The molecule has 0 spiro atoms. The van der Waals surface area contributed by atoms with E-state index in [1.807, 2.05) is 0 Å². The van der Waals surface area contributed by atoms with Gasteiger partial charge in [-0.1, -0.05) is 152 Å². The lowest BCUT2D eigenvalue weighted by atomic mass is 9.86. The molecule has 0 saturated carbocycles. The fraction of sp³-hybridized carbons (Fsp3) is 0. The van der Waals surface area contributed by atoms with Crippen molar-refractivity contribution in [2.75, 3.05) is 0 Å². The highest BCUT2D eigenvalue weighted by atomic mass is 16.3. The molecule has 0 saturated heterocycles. The lowest BCUT2D eigenvalue weighted by Crippen LogP contribution is -1.90. The Balaban J connectivity index is 1.17. The van der Waals surface area contributed by atoms with Crippen LogP contribution in [0.5, 0.6) is 0 Å². The summed E-state index contributed by atoms with van der Waals surface area (Å²) in [6.45, 7) is 0. The predicted octanol–water partition coefficient (Wildman–Crippen LogP) is 15.0. The molecule has 0 aliphatic carbocycles. The number of benzene rings is 12. The minimum absolute atomic E-state index is 0.917. The first-order chi connectivity index (χ1) is 26.3. The normalized spacial score (nSPS) is 12.5. The predicted molar refractivity (Wildman–Crippen MR) is 227 cm³/mol. The van der Waals surface area contributed by atoms with Gasteiger partial charge in [-0.2, -0.15) is 0 Å². The van der Waals surface area contributed by atoms with Crippen molar-refractivity contribution in [3.8, 4) is 22.3 Å². The highest BCUT2D eigenvalue weighted by Crippen LogP contribution is 2.47. The van der Waals surface area contributed by atoms with Crippen molar-refractivity contribution < 1.29 is 4.42 Å². The molecule has 0 radical (unpaired) electrons. The second kappa shape index (κ2) is 9.88. The summed E-state index contributed by atoms with van der Waals surface area (Å²) in [7, 11) is 0. The molecule has 1 heteroatoms. The summed E-state index contributed by atoms with van der Waals surface area (Å²) in [6.07, 6.45) is 0. The van der Waals surface area contributed by atoms with Crippen molar-refractivity contribution in [2.45, 2.75) is 0 Å². The highest BCUT2D eigenvalue weighted by molar-refractivity contribution is 6.30. The third kappa shape index (κ3) is 3.61. The Labute approximate surface area is 303 Å². The fourth-order valence-electron chi connectivity index (χ4n) is 9.77. The van der Waals surface area contributed by atoms with Crippen molar-refractivity contribution in [3.05, 3.63) is 170 Å². The highest BCUT2D eigenvalue weighted by Gasteiger charge is 2.21. The van der Waals surface area contributed by atoms with E-state index in [4.69, 9.17) is 4.42 Å². The summed E-state index contributed by atoms with van der Waals surface area (Å²) in [4.78, 5) is 0. The summed E-state index contributed by atoms with van der Waals surface area (Å²) in [6, 6.07) is 63.2. The molecule has 0 fully saturated rings. The van der Waals surface area contributed by atoms with Gasteiger partial charge >= 0.3 is 0 Å². The molecule has 0 atom stereocenters. The zero-order chi connectivity index (χ0) is 34.4. The lowest BCUT2D eigenvalue weighted by molar-refractivity contribution is 0.673. The van der Waals surface area contributed by atoms with E-state index in [1.54, 1.807) is 0 Å². The van der Waals surface area contributed by atoms with Crippen LogP contribution < -0.4 is 0 Å². The van der Waals surface area contributed by atoms with Gasteiger partial charge < -0.3 is 4.42 Å². The van der Waals surface area contributed by atoms with E-state index >= 15 is 0 Å². The molecule has 242 valence electrons. The summed E-state index contributed by atoms with van der Waals surface area (Å²) < 4.78 is 6.92. The molecule has 0 bridgehead atoms. The molecular weight excluding hydrogens is 641 g/mol. The van der Waals surface area contributed by atoms with E-state index in [2.05, 4.69) is 170 Å². The minimum Gasteiger partial charge on any atom is -0.455 e. The molecule has 12 aromatic carbocycles. The van der Waals surface area contributed by atoms with Gasteiger partial charge in [0.25, 0.3) is 0 Å². The van der Waals surface area contributed by atoms with Gasteiger partial charge in [0.2, 0.25) is 0 Å². The van der Waals surface area contributed by atoms with Gasteiger partial charge in [-0.05, 0) is 121 Å². The summed E-state index contributed by atoms with van der Waals surface area (Å²) in [5.74, 6) is 0. The van der Waals surface area contributed by atoms with Crippen molar-refractivity contribution in [2.24, 2.45) is 0 Å². The monoisotopic (exact) mass is 668 g/mol. The first kappa shape index (κ1) is 27.7. The molecule has 53 heavy (non-hydrogen) atoms. The van der Waals surface area contributed by atoms with Gasteiger partial charge in [0.1, 0.15) is 11.2 Å². The molecule has 1 heterocycles. The average molecular weight is 669 g/mol. The standard InChI is InChI=1S/C52H28O/c1-2-10-38-29(5-1)20-26-46-51(38)45-28-43(39-22-16-35-14-12-31-7-4-9-33-18-25-42(39)50(35)48(31)33)40-23-19-36(27-44(40)52(45)53-46)37-21-15-34-13-11-30-6-3-8-32-17-24-41(37)49(34)47(30)32/h1-28H. The van der Waals surface area contributed by atoms with Crippen LogP contribution in [0.3, 0.4) is 0 Å². The van der Waals surface area contributed by atoms with Crippen LogP contribution in [-0.4, -0.2) is 0 Å². The van der Waals surface area contributed by atoms with Crippen molar-refractivity contribution in [1.29, 1.82) is 0 Å². The van der Waals surface area contributed by atoms with Gasteiger partial charge in [0, 0.05) is 16.2 Å². The Morgan fingerprint density at radius 2 is 0.792 bits per heavy atom. The third-order valence-corrected chi connectivity index (χ3v) is 12.1. The Morgan fingerprint density at radius 1 is 0.264 bits per heavy atom. The SMILES string of the molecule is c1ccc2c(c1)ccc1oc3c4cc(-c5ccc6ccc7cccc8ccc5c6c78)ccc4c(-c4ccc5ccc6cccc7ccc4c5c67)cc3c12. The number of furan rings is 1. The molecule has 0 N–H and O–H groups in total. The second-order valence-corrected chi connectivity index (χ2v) is 14.8. The molecule has 0 amide bonds. The Bertz CT molecular complexity index is 3640. The van der Waals surface area contributed by atoms with E-state index in [-0.39, 0.29) is 0 Å². The van der Waals surface area contributed by atoms with Crippen LogP contribution in [-0.2, 0) is 0 Å². The summed E-state index contributed by atoms with van der Waals surface area (Å²) in [5.41, 5.74) is 6.75. The van der Waals surface area contributed by atoms with Crippen molar-refractivity contribution in [3.63, 3.8) is 0 Å². The van der Waals surface area contributed by atoms with Crippen LogP contribution in [0.15, 0.2) is 174 Å². The van der Waals surface area contributed by atoms with Gasteiger partial charge in [0.05, 0.1) is 0 Å². The maximum Gasteiger partial charge on any atom is 0.143 e. The minimum atomic E-state index is 0.917. The maximum atomic E-state index is 6.92. The zero-order valence-corrected chi connectivity index (χ0v) is 28.6. The second-order valence-electron chi connectivity index (χ2n) is 14.8. The van der Waals surface area contributed by atoms with E-state index in [9.17, 15) is 0 Å². The van der Waals surface area contributed by atoms with Gasteiger partial charge in [-0.3, -0.25) is 0 Å². The molecule has 0 unspecified atom stereocenters. The third-order valence-electron chi connectivity index (χ3n) is 12.1. The fourth-order valence-corrected chi connectivity index (χ4v) is 9.77. The van der Waals surface area contributed by atoms with E-state index in [0.29, 0.717) is 0 Å². The van der Waals surface area contributed by atoms with Gasteiger partial charge in [0.15, 0.2) is 0 Å². The molecule has 13 aromatic rings. The van der Waals surface area contributed by atoms with E-state index in [1.165, 1.54) is 108 Å². The maximum absolute atomic E-state index is 6.92. The lowest BCUT2D eigenvalue weighted by Gasteiger charge is -2.17. The van der Waals surface area contributed by atoms with Crippen LogP contribution in [0, 0.1) is 0 Å². The number of hydrogen-bond acceptors (Lipinski definition) is 1. The Hall–Kier alpha value is -6.96. The first-order valence-electron chi connectivity index (χ1n) is 18.4. The van der Waals surface area contributed by atoms with Crippen molar-refractivity contribution in [1.82, 2.24) is 0 Å². The first-order valence-corrected chi connectivity index (χ1v) is 18.4. The molecule has 1 nitrogen and oxygen atoms in total. The molecular formula is C52H28O. The summed E-state index contributed by atoms with van der Waals surface area (Å²) in [5, 5.41) is 22.7. The largest absolute Gasteiger partial charge is 0.455 e. The number of hydrogen-bond donors (Lipinski definition) is 0. The molecule has 13 rings (SSSR count).